The third-order valence-electron chi connectivity index (χ3n) is 3.98. The molecule has 1 amide bonds. The third kappa shape index (κ3) is 6.64. The summed E-state index contributed by atoms with van der Waals surface area (Å²) in [5.74, 6) is 0.725. The molecule has 0 fully saturated rings. The number of hydrogen-bond acceptors (Lipinski definition) is 5. The number of halogens is 1. The first-order valence-corrected chi connectivity index (χ1v) is 11.7. The molecule has 2 N–H and O–H groups in total. The van der Waals surface area contributed by atoms with Gasteiger partial charge in [0.2, 0.25) is 10.0 Å². The van der Waals surface area contributed by atoms with Gasteiger partial charge in [-0.05, 0) is 59.1 Å². The minimum absolute atomic E-state index is 0.292. The summed E-state index contributed by atoms with van der Waals surface area (Å²) in [4.78, 5) is 12.7. The number of ether oxygens (including phenoxy) is 2. The van der Waals surface area contributed by atoms with Crippen molar-refractivity contribution >= 4 is 37.5 Å². The molecule has 0 heterocycles. The lowest BCUT2D eigenvalue weighted by Crippen LogP contribution is -2.26. The zero-order valence-corrected chi connectivity index (χ0v) is 19.2. The van der Waals surface area contributed by atoms with Gasteiger partial charge in [-0.3, -0.25) is 9.52 Å². The van der Waals surface area contributed by atoms with Crippen LogP contribution in [0.3, 0.4) is 0 Å². The minimum Gasteiger partial charge on any atom is -0.493 e. The molecular formula is C20H25BrN2O5S. The van der Waals surface area contributed by atoms with Crippen molar-refractivity contribution in [3.05, 3.63) is 52.0 Å². The normalized spacial score (nSPS) is 12.2. The Morgan fingerprint density at radius 2 is 1.97 bits per heavy atom. The van der Waals surface area contributed by atoms with Gasteiger partial charge in [0, 0.05) is 11.3 Å². The molecule has 29 heavy (non-hydrogen) atoms. The topological polar surface area (TPSA) is 93.7 Å². The molecule has 0 radical (unpaired) electrons. The Kier molecular flexibility index (Phi) is 7.92. The average molecular weight is 485 g/mol. The summed E-state index contributed by atoms with van der Waals surface area (Å²) in [6.45, 7) is 4.36. The second-order valence-corrected chi connectivity index (χ2v) is 9.14. The van der Waals surface area contributed by atoms with Gasteiger partial charge in [0.1, 0.15) is 0 Å². The maximum Gasteiger partial charge on any atom is 0.251 e. The van der Waals surface area contributed by atoms with Crippen LogP contribution in [0.1, 0.15) is 42.2 Å². The molecule has 0 aliphatic carbocycles. The molecule has 158 valence electrons. The highest BCUT2D eigenvalue weighted by molar-refractivity contribution is 9.10. The van der Waals surface area contributed by atoms with Gasteiger partial charge in [-0.2, -0.15) is 0 Å². The smallest absolute Gasteiger partial charge is 0.251 e. The van der Waals surface area contributed by atoms with Crippen molar-refractivity contribution in [2.24, 2.45) is 0 Å². The average Bonchev–Trinajstić information content (AvgIpc) is 2.65. The molecule has 0 aliphatic rings. The number of hydrogen-bond donors (Lipinski definition) is 2. The fraction of sp³-hybridized carbons (Fsp3) is 0.350. The van der Waals surface area contributed by atoms with Crippen molar-refractivity contribution in [1.82, 2.24) is 5.32 Å². The van der Waals surface area contributed by atoms with Crippen LogP contribution in [-0.4, -0.2) is 34.3 Å². The highest BCUT2D eigenvalue weighted by Crippen LogP contribution is 2.37. The molecule has 2 aromatic carbocycles. The molecule has 0 saturated carbocycles. The maximum atomic E-state index is 12.7. The molecule has 0 bridgehead atoms. The summed E-state index contributed by atoms with van der Waals surface area (Å²) in [5.41, 5.74) is 1.61. The number of nitrogens with one attached hydrogen (secondary N) is 2. The highest BCUT2D eigenvalue weighted by Gasteiger charge is 2.18. The van der Waals surface area contributed by atoms with Crippen LogP contribution in [0.25, 0.3) is 0 Å². The molecule has 2 rings (SSSR count). The number of methoxy groups -OCH3 is 1. The van der Waals surface area contributed by atoms with Crippen molar-refractivity contribution in [3.63, 3.8) is 0 Å². The number of rotatable bonds is 9. The Balaban J connectivity index is 2.19. The predicted octanol–water partition coefficient (Wildman–Crippen LogP) is 4.11. The van der Waals surface area contributed by atoms with Crippen molar-refractivity contribution in [2.75, 3.05) is 24.7 Å². The van der Waals surface area contributed by atoms with Gasteiger partial charge >= 0.3 is 0 Å². The molecule has 9 heteroatoms. The van der Waals surface area contributed by atoms with E-state index >= 15 is 0 Å². The SMILES string of the molecule is CCCOc1c(Br)cc(C(=O)NC(C)c2cccc(NS(C)(=O)=O)c2)cc1OC. The van der Waals surface area contributed by atoms with E-state index in [0.29, 0.717) is 33.8 Å². The lowest BCUT2D eigenvalue weighted by atomic mass is 10.1. The van der Waals surface area contributed by atoms with Crippen LogP contribution in [0.4, 0.5) is 5.69 Å². The second-order valence-electron chi connectivity index (χ2n) is 6.53. The first kappa shape index (κ1) is 23.0. The predicted molar refractivity (Wildman–Crippen MR) is 117 cm³/mol. The first-order valence-electron chi connectivity index (χ1n) is 9.03. The van der Waals surface area contributed by atoms with E-state index in [1.54, 1.807) is 30.3 Å². The van der Waals surface area contributed by atoms with E-state index in [-0.39, 0.29) is 11.9 Å². The quantitative estimate of drug-likeness (QED) is 0.558. The zero-order valence-electron chi connectivity index (χ0n) is 16.8. The first-order chi connectivity index (χ1) is 13.6. The molecular weight excluding hydrogens is 460 g/mol. The van der Waals surface area contributed by atoms with E-state index < -0.39 is 10.0 Å². The minimum atomic E-state index is -3.38. The van der Waals surface area contributed by atoms with Crippen molar-refractivity contribution in [1.29, 1.82) is 0 Å². The number of amides is 1. The Morgan fingerprint density at radius 3 is 2.59 bits per heavy atom. The van der Waals surface area contributed by atoms with Crippen molar-refractivity contribution in [3.8, 4) is 11.5 Å². The zero-order chi connectivity index (χ0) is 21.6. The molecule has 0 aliphatic heterocycles. The summed E-state index contributed by atoms with van der Waals surface area (Å²) in [7, 11) is -1.86. The van der Waals surface area contributed by atoms with Gasteiger partial charge in [0.05, 0.1) is 30.5 Å². The number of sulfonamides is 1. The summed E-state index contributed by atoms with van der Waals surface area (Å²) in [5, 5.41) is 2.91. The Hall–Kier alpha value is -2.26. The molecule has 2 aromatic rings. The summed E-state index contributed by atoms with van der Waals surface area (Å²) in [6.07, 6.45) is 1.94. The molecule has 0 spiro atoms. The summed E-state index contributed by atoms with van der Waals surface area (Å²) >= 11 is 3.44. The van der Waals surface area contributed by atoms with Gasteiger partial charge in [-0.15, -0.1) is 0 Å². The van der Waals surface area contributed by atoms with Crippen LogP contribution < -0.4 is 19.5 Å². The number of benzene rings is 2. The van der Waals surface area contributed by atoms with Gasteiger partial charge in [-0.25, -0.2) is 8.42 Å². The Morgan fingerprint density at radius 1 is 1.24 bits per heavy atom. The lowest BCUT2D eigenvalue weighted by Gasteiger charge is -2.17. The standard InChI is InChI=1S/C20H25BrN2O5S/c1-5-9-28-19-17(21)11-15(12-18(19)27-3)20(24)22-13(2)14-7-6-8-16(10-14)23-29(4,25)26/h6-8,10-13,23H,5,9H2,1-4H3,(H,22,24). The van der Waals surface area contributed by atoms with Gasteiger partial charge in [0.15, 0.2) is 11.5 Å². The maximum absolute atomic E-state index is 12.7. The van der Waals surface area contributed by atoms with Crippen LogP contribution in [0.2, 0.25) is 0 Å². The number of anilines is 1. The monoisotopic (exact) mass is 484 g/mol. The second kappa shape index (κ2) is 9.98. The lowest BCUT2D eigenvalue weighted by molar-refractivity contribution is 0.0939. The van der Waals surface area contributed by atoms with Crippen molar-refractivity contribution in [2.45, 2.75) is 26.3 Å². The third-order valence-corrected chi connectivity index (χ3v) is 5.18. The summed E-state index contributed by atoms with van der Waals surface area (Å²) in [6, 6.07) is 9.84. The molecule has 7 nitrogen and oxygen atoms in total. The van der Waals surface area contributed by atoms with E-state index in [4.69, 9.17) is 9.47 Å². The van der Waals surface area contributed by atoms with E-state index in [0.717, 1.165) is 18.2 Å². The fourth-order valence-electron chi connectivity index (χ4n) is 2.64. The Labute approximate surface area is 180 Å². The van der Waals surface area contributed by atoms with Crippen LogP contribution in [0.15, 0.2) is 40.9 Å². The molecule has 0 saturated heterocycles. The molecule has 1 atom stereocenters. The van der Waals surface area contributed by atoms with E-state index in [1.807, 2.05) is 19.9 Å². The molecule has 1 unspecified atom stereocenters. The number of carbonyl (C=O) groups is 1. The van der Waals surface area contributed by atoms with Crippen LogP contribution in [-0.2, 0) is 10.0 Å². The van der Waals surface area contributed by atoms with Gasteiger partial charge < -0.3 is 14.8 Å². The van der Waals surface area contributed by atoms with E-state index in [2.05, 4.69) is 26.0 Å². The number of carbonyl (C=O) groups excluding carboxylic acids is 1. The van der Waals surface area contributed by atoms with Crippen LogP contribution in [0.5, 0.6) is 11.5 Å². The summed E-state index contributed by atoms with van der Waals surface area (Å²) < 4.78 is 37.0. The van der Waals surface area contributed by atoms with E-state index in [1.165, 1.54) is 7.11 Å². The fourth-order valence-corrected chi connectivity index (χ4v) is 3.76. The van der Waals surface area contributed by atoms with Crippen LogP contribution in [0, 0.1) is 0 Å². The largest absolute Gasteiger partial charge is 0.493 e. The van der Waals surface area contributed by atoms with E-state index in [9.17, 15) is 13.2 Å². The van der Waals surface area contributed by atoms with Gasteiger partial charge in [0.25, 0.3) is 5.91 Å². The van der Waals surface area contributed by atoms with Crippen molar-refractivity contribution < 1.29 is 22.7 Å². The van der Waals surface area contributed by atoms with Crippen LogP contribution >= 0.6 is 15.9 Å². The Bertz CT molecular complexity index is 979. The highest BCUT2D eigenvalue weighted by atomic mass is 79.9. The molecule has 0 aromatic heterocycles. The van der Waals surface area contributed by atoms with Gasteiger partial charge in [-0.1, -0.05) is 19.1 Å².